The number of ether oxygens (including phenoxy) is 1. The van der Waals surface area contributed by atoms with E-state index in [1.165, 1.54) is 6.07 Å². The minimum absolute atomic E-state index is 0.146. The minimum atomic E-state index is -0.562. The maximum absolute atomic E-state index is 13.5. The van der Waals surface area contributed by atoms with Gasteiger partial charge in [0.2, 0.25) is 5.43 Å². The number of rotatable bonds is 11. The van der Waals surface area contributed by atoms with Crippen LogP contribution < -0.4 is 20.9 Å². The van der Waals surface area contributed by atoms with Crippen LogP contribution in [0.1, 0.15) is 59.6 Å². The Balaban J connectivity index is 1.60. The van der Waals surface area contributed by atoms with Crippen LogP contribution in [0.2, 0.25) is 0 Å². The van der Waals surface area contributed by atoms with Crippen LogP contribution in [-0.2, 0) is 4.84 Å². The first-order valence-corrected chi connectivity index (χ1v) is 13.3. The van der Waals surface area contributed by atoms with Crippen LogP contribution in [0.25, 0.3) is 0 Å². The van der Waals surface area contributed by atoms with Crippen molar-refractivity contribution < 1.29 is 14.4 Å². The summed E-state index contributed by atoms with van der Waals surface area (Å²) in [5, 5.41) is 0. The fourth-order valence-electron chi connectivity index (χ4n) is 4.70. The molecule has 0 amide bonds. The van der Waals surface area contributed by atoms with Gasteiger partial charge < -0.3 is 9.57 Å². The highest BCUT2D eigenvalue weighted by atomic mass is 16.7. The van der Waals surface area contributed by atoms with Gasteiger partial charge in [0, 0.05) is 6.07 Å². The summed E-state index contributed by atoms with van der Waals surface area (Å²) in [6, 6.07) is 41.0. The largest absolute Gasteiger partial charge is 0.475 e. The third-order valence-corrected chi connectivity index (χ3v) is 6.75. The summed E-state index contributed by atoms with van der Waals surface area (Å²) < 4.78 is 8.03. The van der Waals surface area contributed by atoms with Crippen LogP contribution in [0.5, 0.6) is 5.75 Å². The van der Waals surface area contributed by atoms with Crippen LogP contribution in [-0.4, -0.2) is 4.73 Å². The smallest absolute Gasteiger partial charge is 0.224 e. The van der Waals surface area contributed by atoms with E-state index < -0.39 is 18.3 Å². The summed E-state index contributed by atoms with van der Waals surface area (Å²) in [5.74, 6) is 5.80. The van der Waals surface area contributed by atoms with Crippen LogP contribution >= 0.6 is 0 Å². The third-order valence-electron chi connectivity index (χ3n) is 6.75. The van der Waals surface area contributed by atoms with Crippen molar-refractivity contribution in [1.82, 2.24) is 4.73 Å². The molecule has 1 atom stereocenters. The summed E-state index contributed by atoms with van der Waals surface area (Å²) in [7, 11) is 0. The zero-order valence-electron chi connectivity index (χ0n) is 22.3. The molecule has 1 unspecified atom stereocenters. The van der Waals surface area contributed by atoms with Gasteiger partial charge in [-0.15, -0.1) is 0 Å². The molecule has 0 aliphatic heterocycles. The quantitative estimate of drug-likeness (QED) is 0.195. The van der Waals surface area contributed by atoms with E-state index in [0.29, 0.717) is 12.1 Å². The Morgan fingerprint density at radius 3 is 1.50 bits per heavy atom. The van der Waals surface area contributed by atoms with E-state index in [1.807, 2.05) is 128 Å². The minimum Gasteiger partial charge on any atom is -0.475 e. The molecule has 0 bridgehead atoms. The van der Waals surface area contributed by atoms with E-state index in [1.54, 1.807) is 10.9 Å². The molecule has 5 aromatic rings. The second kappa shape index (κ2) is 12.9. The van der Waals surface area contributed by atoms with Crippen LogP contribution in [0, 0.1) is 0 Å². The number of pyridine rings is 1. The summed E-state index contributed by atoms with van der Waals surface area (Å²) in [4.78, 5) is 25.4. The lowest BCUT2D eigenvalue weighted by Gasteiger charge is -2.27. The molecule has 6 nitrogen and oxygen atoms in total. The van der Waals surface area contributed by atoms with Crippen molar-refractivity contribution in [1.29, 1.82) is 0 Å². The van der Waals surface area contributed by atoms with Crippen LogP contribution in [0.3, 0.4) is 0 Å². The van der Waals surface area contributed by atoms with E-state index in [4.69, 9.17) is 20.3 Å². The van der Waals surface area contributed by atoms with E-state index in [2.05, 4.69) is 0 Å². The highest BCUT2D eigenvalue weighted by molar-refractivity contribution is 5.34. The van der Waals surface area contributed by atoms with Crippen molar-refractivity contribution in [2.24, 2.45) is 5.90 Å². The van der Waals surface area contributed by atoms with Crippen molar-refractivity contribution in [2.75, 3.05) is 0 Å². The second-order valence-corrected chi connectivity index (χ2v) is 9.41. The Bertz CT molecular complexity index is 1460. The van der Waals surface area contributed by atoms with E-state index in [-0.39, 0.29) is 11.2 Å². The molecule has 0 aliphatic rings. The first-order chi connectivity index (χ1) is 19.7. The van der Waals surface area contributed by atoms with Crippen molar-refractivity contribution in [3.05, 3.63) is 172 Å². The number of nitrogens with two attached hydrogens (primary N) is 1. The number of benzene rings is 4. The summed E-state index contributed by atoms with van der Waals surface area (Å²) in [5.41, 5.74) is 3.96. The van der Waals surface area contributed by atoms with Gasteiger partial charge in [-0.05, 0) is 28.7 Å². The highest BCUT2D eigenvalue weighted by Crippen LogP contribution is 2.30. The predicted octanol–water partition coefficient (Wildman–Crippen LogP) is 6.58. The molecule has 0 saturated heterocycles. The molecule has 0 fully saturated rings. The molecule has 0 spiro atoms. The van der Waals surface area contributed by atoms with Gasteiger partial charge in [0.25, 0.3) is 0 Å². The SMILES string of the molecule is CCC(ON)c1cc(=O)c(OC(c2ccccc2)c2ccccc2)cn1OC(c1ccccc1)c1ccccc1. The van der Waals surface area contributed by atoms with Crippen molar-refractivity contribution in [3.63, 3.8) is 0 Å². The van der Waals surface area contributed by atoms with Crippen molar-refractivity contribution >= 4 is 0 Å². The van der Waals surface area contributed by atoms with Crippen molar-refractivity contribution in [2.45, 2.75) is 31.7 Å². The third kappa shape index (κ3) is 6.15. The van der Waals surface area contributed by atoms with Crippen LogP contribution in [0.4, 0.5) is 0 Å². The zero-order valence-corrected chi connectivity index (χ0v) is 22.3. The average molecular weight is 533 g/mol. The number of nitrogens with zero attached hydrogens (tertiary/aromatic N) is 1. The van der Waals surface area contributed by atoms with Gasteiger partial charge in [0.05, 0.1) is 11.9 Å². The summed E-state index contributed by atoms with van der Waals surface area (Å²) >= 11 is 0. The van der Waals surface area contributed by atoms with Gasteiger partial charge >= 0.3 is 0 Å². The molecular weight excluding hydrogens is 500 g/mol. The first kappa shape index (κ1) is 26.9. The average Bonchev–Trinajstić information content (AvgIpc) is 3.02. The molecule has 0 radical (unpaired) electrons. The van der Waals surface area contributed by atoms with E-state index in [0.717, 1.165) is 22.3 Å². The van der Waals surface area contributed by atoms with Crippen LogP contribution in [0.15, 0.2) is 138 Å². The summed E-state index contributed by atoms with van der Waals surface area (Å²) in [6.07, 6.45) is 0.606. The molecule has 2 N–H and O–H groups in total. The normalized spacial score (nSPS) is 11.9. The molecule has 0 saturated carbocycles. The molecule has 1 heterocycles. The molecule has 6 heteroatoms. The fraction of sp³-hybridized carbons (Fsp3) is 0.147. The maximum Gasteiger partial charge on any atom is 0.224 e. The molecule has 4 aromatic carbocycles. The van der Waals surface area contributed by atoms with Gasteiger partial charge in [0.1, 0.15) is 12.2 Å². The Morgan fingerprint density at radius 2 is 1.10 bits per heavy atom. The van der Waals surface area contributed by atoms with Gasteiger partial charge in [-0.2, -0.15) is 4.73 Å². The maximum atomic E-state index is 13.5. The zero-order chi connectivity index (χ0) is 27.7. The lowest BCUT2D eigenvalue weighted by molar-refractivity contribution is 0.00321. The molecule has 5 rings (SSSR count). The number of aromatic nitrogens is 1. The monoisotopic (exact) mass is 532 g/mol. The van der Waals surface area contributed by atoms with Gasteiger partial charge in [-0.1, -0.05) is 128 Å². The van der Waals surface area contributed by atoms with Crippen molar-refractivity contribution in [3.8, 4) is 5.75 Å². The lowest BCUT2D eigenvalue weighted by atomic mass is 10.0. The predicted molar refractivity (Wildman–Crippen MR) is 156 cm³/mol. The first-order valence-electron chi connectivity index (χ1n) is 13.3. The Labute approximate surface area is 234 Å². The van der Waals surface area contributed by atoms with Gasteiger partial charge in [-0.25, -0.2) is 5.90 Å². The van der Waals surface area contributed by atoms with E-state index in [9.17, 15) is 4.79 Å². The number of hydrogen-bond acceptors (Lipinski definition) is 5. The van der Waals surface area contributed by atoms with Gasteiger partial charge in [-0.3, -0.25) is 9.63 Å². The topological polar surface area (TPSA) is 75.7 Å². The molecule has 202 valence electrons. The molecule has 1 aromatic heterocycles. The Hall–Kier alpha value is -4.65. The highest BCUT2D eigenvalue weighted by Gasteiger charge is 2.24. The Kier molecular flexibility index (Phi) is 8.71. The number of hydrogen-bond donors (Lipinski definition) is 1. The molecular formula is C34H32N2O4. The summed E-state index contributed by atoms with van der Waals surface area (Å²) in [6.45, 7) is 1.93. The van der Waals surface area contributed by atoms with Gasteiger partial charge in [0.15, 0.2) is 11.9 Å². The molecule has 0 aliphatic carbocycles. The Morgan fingerprint density at radius 1 is 0.675 bits per heavy atom. The molecule has 40 heavy (non-hydrogen) atoms. The van der Waals surface area contributed by atoms with E-state index >= 15 is 0 Å². The fourth-order valence-corrected chi connectivity index (χ4v) is 4.70. The second-order valence-electron chi connectivity index (χ2n) is 9.41. The standard InChI is InChI=1S/C34H32N2O4/c1-2-31(39-35)29-23-30(37)32(38-33(25-15-7-3-8-16-25)26-17-9-4-10-18-26)24-36(29)40-34(27-19-11-5-12-20-27)28-21-13-6-14-22-28/h3-24,31,33-34H,2,35H2,1H3. The lowest BCUT2D eigenvalue weighted by Crippen LogP contribution is -2.28.